The van der Waals surface area contributed by atoms with E-state index in [4.69, 9.17) is 3.32 Å². The minimum Gasteiger partial charge on any atom is -1.00 e. The van der Waals surface area contributed by atoms with E-state index in [-0.39, 0.29) is 24.8 Å². The number of rotatable bonds is 7. The Morgan fingerprint density at radius 1 is 0.962 bits per heavy atom. The molecule has 5 heteroatoms. The maximum atomic E-state index is 6.07. The molecular formula is C21H23Cl2NOTi. The first-order valence-electron chi connectivity index (χ1n) is 8.28. The second-order valence-corrected chi connectivity index (χ2v) is 7.92. The molecule has 0 aliphatic heterocycles. The van der Waals surface area contributed by atoms with Crippen LogP contribution in [0.2, 0.25) is 0 Å². The summed E-state index contributed by atoms with van der Waals surface area (Å²) in [5.41, 5.74) is 5.45. The molecule has 0 saturated heterocycles. The number of nitrogens with zero attached hydrogens (tertiary/aromatic N) is 1. The molecule has 0 bridgehead atoms. The largest absolute Gasteiger partial charge is 1.00 e. The van der Waals surface area contributed by atoms with Crippen LogP contribution in [0.1, 0.15) is 17.5 Å². The minimum atomic E-state index is -0.594. The van der Waals surface area contributed by atoms with Crippen LogP contribution in [-0.4, -0.2) is 25.5 Å². The van der Waals surface area contributed by atoms with Gasteiger partial charge in [-0.15, -0.1) is 0 Å². The third kappa shape index (κ3) is 6.70. The SMILES string of the molecule is CN(C)CC1=CCC(c2cccc[c]2[Ti+2][O]Cc2ccccc2)=C1.[Cl-].[Cl-]. The van der Waals surface area contributed by atoms with Crippen LogP contribution in [0.25, 0.3) is 5.57 Å². The van der Waals surface area contributed by atoms with Crippen LogP contribution in [-0.2, 0) is 29.5 Å². The molecule has 2 aromatic carbocycles. The molecule has 2 nitrogen and oxygen atoms in total. The zero-order chi connectivity index (χ0) is 16.8. The van der Waals surface area contributed by atoms with Crippen molar-refractivity contribution in [1.29, 1.82) is 0 Å². The topological polar surface area (TPSA) is 12.5 Å². The first kappa shape index (κ1) is 23.2. The standard InChI is InChI=1S/C14H16N.C7H7O.2ClH.Ti/c1-15(2)11-12-8-9-14(10-12)13-6-4-3-5-7-13;8-6-7-4-2-1-3-5-7;;;/h3-6,8,10H,9,11H2,1-2H3;1-5H,6H2;2*1H;/q;-1;;;+3/p-2. The van der Waals surface area contributed by atoms with Crippen molar-refractivity contribution < 1.29 is 47.7 Å². The third-order valence-electron chi connectivity index (χ3n) is 3.98. The van der Waals surface area contributed by atoms with E-state index in [1.807, 2.05) is 6.07 Å². The predicted octanol–water partition coefficient (Wildman–Crippen LogP) is -2.19. The first-order chi connectivity index (χ1) is 11.7. The Morgan fingerprint density at radius 2 is 1.65 bits per heavy atom. The number of benzene rings is 2. The third-order valence-corrected chi connectivity index (χ3v) is 5.45. The fourth-order valence-corrected chi connectivity index (χ4v) is 4.29. The van der Waals surface area contributed by atoms with Gasteiger partial charge >= 0.3 is 154 Å². The summed E-state index contributed by atoms with van der Waals surface area (Å²) >= 11 is -0.594. The van der Waals surface area contributed by atoms with E-state index in [1.165, 1.54) is 26.1 Å². The van der Waals surface area contributed by atoms with Crippen molar-refractivity contribution in [2.45, 2.75) is 13.0 Å². The molecule has 0 unspecified atom stereocenters. The Hall–Kier alpha value is -0.866. The van der Waals surface area contributed by atoms with Gasteiger partial charge in [-0.1, -0.05) is 0 Å². The molecule has 0 heterocycles. The van der Waals surface area contributed by atoms with Gasteiger partial charge in [0, 0.05) is 0 Å². The molecule has 26 heavy (non-hydrogen) atoms. The molecule has 0 amide bonds. The van der Waals surface area contributed by atoms with Gasteiger partial charge in [0.1, 0.15) is 0 Å². The van der Waals surface area contributed by atoms with Crippen LogP contribution in [0.3, 0.4) is 0 Å². The van der Waals surface area contributed by atoms with E-state index in [0.717, 1.165) is 13.0 Å². The average Bonchev–Trinajstić information content (AvgIpc) is 3.04. The Kier molecular flexibility index (Phi) is 10.5. The predicted molar refractivity (Wildman–Crippen MR) is 96.5 cm³/mol. The van der Waals surface area contributed by atoms with Crippen molar-refractivity contribution in [1.82, 2.24) is 4.90 Å². The van der Waals surface area contributed by atoms with E-state index >= 15 is 0 Å². The molecule has 1 aliphatic rings. The van der Waals surface area contributed by atoms with Gasteiger partial charge in [-0.2, -0.15) is 0 Å². The fraction of sp³-hybridized carbons (Fsp3) is 0.238. The summed E-state index contributed by atoms with van der Waals surface area (Å²) in [6.45, 7) is 1.71. The van der Waals surface area contributed by atoms with Crippen molar-refractivity contribution in [2.75, 3.05) is 20.6 Å². The Morgan fingerprint density at radius 3 is 2.38 bits per heavy atom. The number of hydrogen-bond acceptors (Lipinski definition) is 2. The second-order valence-electron chi connectivity index (χ2n) is 6.31. The molecule has 0 atom stereocenters. The maximum Gasteiger partial charge on any atom is -1.00 e. The fourth-order valence-electron chi connectivity index (χ4n) is 2.87. The van der Waals surface area contributed by atoms with E-state index in [2.05, 4.69) is 79.7 Å². The monoisotopic (exact) mass is 423 g/mol. The van der Waals surface area contributed by atoms with Crippen molar-refractivity contribution >= 4 is 9.44 Å². The van der Waals surface area contributed by atoms with Crippen molar-refractivity contribution in [3.05, 3.63) is 83.4 Å². The van der Waals surface area contributed by atoms with Gasteiger partial charge in [-0.3, -0.25) is 0 Å². The maximum absolute atomic E-state index is 6.07. The zero-order valence-corrected chi connectivity index (χ0v) is 18.2. The zero-order valence-electron chi connectivity index (χ0n) is 15.1. The molecule has 1 aliphatic carbocycles. The van der Waals surface area contributed by atoms with Crippen molar-refractivity contribution in [2.24, 2.45) is 0 Å². The van der Waals surface area contributed by atoms with Gasteiger partial charge in [-0.25, -0.2) is 0 Å². The van der Waals surface area contributed by atoms with Crippen LogP contribution >= 0.6 is 0 Å². The summed E-state index contributed by atoms with van der Waals surface area (Å²) in [5.74, 6) is 0. The van der Waals surface area contributed by atoms with Crippen LogP contribution < -0.4 is 28.7 Å². The molecule has 136 valence electrons. The van der Waals surface area contributed by atoms with E-state index < -0.39 is 19.5 Å². The van der Waals surface area contributed by atoms with Crippen LogP contribution in [0.15, 0.2) is 72.3 Å². The number of halogens is 2. The van der Waals surface area contributed by atoms with E-state index in [0.29, 0.717) is 6.61 Å². The van der Waals surface area contributed by atoms with Gasteiger partial charge in [0.2, 0.25) is 0 Å². The van der Waals surface area contributed by atoms with Crippen molar-refractivity contribution in [3.63, 3.8) is 0 Å². The summed E-state index contributed by atoms with van der Waals surface area (Å²) in [4.78, 5) is 2.22. The van der Waals surface area contributed by atoms with Crippen LogP contribution in [0.5, 0.6) is 0 Å². The van der Waals surface area contributed by atoms with Gasteiger partial charge in [-0.05, 0) is 0 Å². The van der Waals surface area contributed by atoms with Gasteiger partial charge < -0.3 is 24.8 Å². The molecule has 2 aromatic rings. The van der Waals surface area contributed by atoms with E-state index in [1.54, 1.807) is 0 Å². The molecular weight excluding hydrogens is 401 g/mol. The van der Waals surface area contributed by atoms with Gasteiger partial charge in [0.15, 0.2) is 0 Å². The van der Waals surface area contributed by atoms with Crippen LogP contribution in [0.4, 0.5) is 0 Å². The van der Waals surface area contributed by atoms with Gasteiger partial charge in [0.25, 0.3) is 0 Å². The minimum absolute atomic E-state index is 0. The normalized spacial score (nSPS) is 12.6. The summed E-state index contributed by atoms with van der Waals surface area (Å²) < 4.78 is 7.46. The molecule has 0 aromatic heterocycles. The molecule has 0 fully saturated rings. The summed E-state index contributed by atoms with van der Waals surface area (Å²) in [6.07, 6.45) is 5.73. The molecule has 0 spiro atoms. The summed E-state index contributed by atoms with van der Waals surface area (Å²) in [6, 6.07) is 19.1. The smallest absolute Gasteiger partial charge is 1.00 e. The van der Waals surface area contributed by atoms with Crippen molar-refractivity contribution in [3.8, 4) is 0 Å². The van der Waals surface area contributed by atoms with Gasteiger partial charge in [0.05, 0.1) is 0 Å². The quantitative estimate of drug-likeness (QED) is 0.469. The Bertz CT molecular complexity index is 745. The first-order valence-corrected chi connectivity index (χ1v) is 9.69. The molecule has 0 saturated carbocycles. The second kappa shape index (κ2) is 11.8. The Labute approximate surface area is 178 Å². The molecule has 0 radical (unpaired) electrons. The summed E-state index contributed by atoms with van der Waals surface area (Å²) in [5, 5.41) is 0. The average molecular weight is 424 g/mol. The van der Waals surface area contributed by atoms with Crippen LogP contribution in [0, 0.1) is 0 Å². The molecule has 0 N–H and O–H groups in total. The summed E-state index contributed by atoms with van der Waals surface area (Å²) in [7, 11) is 4.23. The molecule has 3 rings (SSSR count). The number of allylic oxidation sites excluding steroid dienone is 2. The number of likely N-dealkylation sites (N-methyl/N-ethyl adjacent to an activating group) is 1. The van der Waals surface area contributed by atoms with E-state index in [9.17, 15) is 0 Å². The number of hydrogen-bond donors (Lipinski definition) is 0. The Balaban J connectivity index is 0.00000169.